The zero-order valence-electron chi connectivity index (χ0n) is 11.5. The molecule has 1 aliphatic heterocycles. The Hall–Kier alpha value is -0.0800. The second kappa shape index (κ2) is 16.4. The highest BCUT2D eigenvalue weighted by molar-refractivity contribution is 4.63. The smallest absolute Gasteiger partial charge is 0.0593 e. The maximum absolute atomic E-state index is 5.29. The first-order chi connectivity index (χ1) is 7.43. The quantitative estimate of drug-likeness (QED) is 0.668. The molecule has 94 valence electrons. The lowest BCUT2D eigenvalue weighted by Gasteiger charge is -2.25. The Morgan fingerprint density at radius 3 is 1.93 bits per heavy atom. The summed E-state index contributed by atoms with van der Waals surface area (Å²) in [6, 6.07) is 0. The zero-order chi connectivity index (χ0) is 11.9. The van der Waals surface area contributed by atoms with Gasteiger partial charge in [0.05, 0.1) is 6.61 Å². The molecule has 0 unspecified atom stereocenters. The molecule has 1 heterocycles. The van der Waals surface area contributed by atoms with Gasteiger partial charge in [-0.25, -0.2) is 0 Å². The Kier molecular flexibility index (Phi) is 18.9. The number of hydrogen-bond acceptors (Lipinski definition) is 2. The van der Waals surface area contributed by atoms with E-state index in [9.17, 15) is 0 Å². The van der Waals surface area contributed by atoms with Gasteiger partial charge in [-0.2, -0.15) is 0 Å². The summed E-state index contributed by atoms with van der Waals surface area (Å²) in [6.45, 7) is 15.5. The van der Waals surface area contributed by atoms with Crippen LogP contribution >= 0.6 is 0 Å². The van der Waals surface area contributed by atoms with E-state index in [0.29, 0.717) is 0 Å². The summed E-state index contributed by atoms with van der Waals surface area (Å²) in [4.78, 5) is 2.50. The Bertz CT molecular complexity index is 90.5. The van der Waals surface area contributed by atoms with Gasteiger partial charge in [0.25, 0.3) is 0 Å². The molecule has 2 nitrogen and oxygen atoms in total. The zero-order valence-corrected chi connectivity index (χ0v) is 11.5. The van der Waals surface area contributed by atoms with E-state index in [2.05, 4.69) is 11.8 Å². The lowest BCUT2D eigenvalue weighted by Crippen LogP contribution is -2.32. The van der Waals surface area contributed by atoms with Crippen LogP contribution in [0, 0.1) is 0 Å². The first-order valence-corrected chi connectivity index (χ1v) is 6.73. The maximum Gasteiger partial charge on any atom is 0.0593 e. The minimum absolute atomic E-state index is 0.855. The van der Waals surface area contributed by atoms with Crippen LogP contribution in [0.5, 0.6) is 0 Å². The van der Waals surface area contributed by atoms with Gasteiger partial charge in [-0.05, 0) is 32.9 Å². The van der Waals surface area contributed by atoms with Crippen molar-refractivity contribution >= 4 is 0 Å². The van der Waals surface area contributed by atoms with Gasteiger partial charge in [0.1, 0.15) is 0 Å². The summed E-state index contributed by atoms with van der Waals surface area (Å²) in [5.41, 5.74) is 0. The molecule has 1 aliphatic rings. The monoisotopic (exact) mass is 217 g/mol. The third-order valence-corrected chi connectivity index (χ3v) is 2.20. The van der Waals surface area contributed by atoms with E-state index in [1.807, 2.05) is 27.7 Å². The first kappa shape index (κ1) is 17.3. The number of likely N-dealkylation sites (tertiary alicyclic amines) is 1. The Morgan fingerprint density at radius 1 is 0.933 bits per heavy atom. The van der Waals surface area contributed by atoms with Gasteiger partial charge >= 0.3 is 0 Å². The third-order valence-electron chi connectivity index (χ3n) is 2.20. The Balaban J connectivity index is 0. The normalized spacial score (nSPS) is 15.8. The highest BCUT2D eigenvalue weighted by Gasteiger charge is 2.08. The van der Waals surface area contributed by atoms with Crippen LogP contribution in [0.2, 0.25) is 0 Å². The summed E-state index contributed by atoms with van der Waals surface area (Å²) in [7, 11) is 0. The maximum atomic E-state index is 5.29. The van der Waals surface area contributed by atoms with Crippen LogP contribution in [0.1, 0.15) is 53.9 Å². The van der Waals surface area contributed by atoms with Crippen LogP contribution in [0.4, 0.5) is 0 Å². The molecular formula is C13H31NO. The van der Waals surface area contributed by atoms with Crippen molar-refractivity contribution in [2.45, 2.75) is 53.9 Å². The molecule has 0 aromatic rings. The molecule has 0 bridgehead atoms. The molecule has 0 N–H and O–H groups in total. The Labute approximate surface area is 97.0 Å². The predicted molar refractivity (Wildman–Crippen MR) is 69.5 cm³/mol. The van der Waals surface area contributed by atoms with Crippen molar-refractivity contribution in [2.75, 3.05) is 32.8 Å². The average molecular weight is 217 g/mol. The molecule has 0 radical (unpaired) electrons. The van der Waals surface area contributed by atoms with Crippen molar-refractivity contribution in [3.63, 3.8) is 0 Å². The van der Waals surface area contributed by atoms with Gasteiger partial charge in [0.15, 0.2) is 0 Å². The van der Waals surface area contributed by atoms with Crippen molar-refractivity contribution in [1.82, 2.24) is 4.90 Å². The predicted octanol–water partition coefficient (Wildman–Crippen LogP) is 3.56. The summed E-state index contributed by atoms with van der Waals surface area (Å²) in [5, 5.41) is 0. The second-order valence-corrected chi connectivity index (χ2v) is 3.10. The van der Waals surface area contributed by atoms with Crippen molar-refractivity contribution in [2.24, 2.45) is 0 Å². The highest BCUT2D eigenvalue weighted by atomic mass is 16.5. The minimum Gasteiger partial charge on any atom is -0.380 e. The van der Waals surface area contributed by atoms with Crippen LogP contribution in [0.3, 0.4) is 0 Å². The highest BCUT2D eigenvalue weighted by Crippen LogP contribution is 2.07. The van der Waals surface area contributed by atoms with Crippen LogP contribution in [-0.4, -0.2) is 37.7 Å². The number of hydrogen-bond donors (Lipinski definition) is 0. The van der Waals surface area contributed by atoms with Crippen molar-refractivity contribution in [3.8, 4) is 0 Å². The first-order valence-electron chi connectivity index (χ1n) is 6.73. The van der Waals surface area contributed by atoms with E-state index in [0.717, 1.165) is 19.8 Å². The summed E-state index contributed by atoms with van der Waals surface area (Å²) in [5.74, 6) is 0. The lowest BCUT2D eigenvalue weighted by molar-refractivity contribution is 0.105. The minimum atomic E-state index is 0.855. The molecule has 1 fully saturated rings. The fourth-order valence-electron chi connectivity index (χ4n) is 1.52. The average Bonchev–Trinajstić information content (AvgIpc) is 2.36. The van der Waals surface area contributed by atoms with E-state index in [-0.39, 0.29) is 0 Å². The summed E-state index contributed by atoms with van der Waals surface area (Å²) < 4.78 is 5.29. The van der Waals surface area contributed by atoms with Crippen LogP contribution < -0.4 is 0 Å². The van der Waals surface area contributed by atoms with Gasteiger partial charge in [0.2, 0.25) is 0 Å². The summed E-state index contributed by atoms with van der Waals surface area (Å²) >= 11 is 0. The van der Waals surface area contributed by atoms with Crippen LogP contribution in [0.15, 0.2) is 0 Å². The van der Waals surface area contributed by atoms with Gasteiger partial charge in [-0.1, -0.05) is 34.1 Å². The van der Waals surface area contributed by atoms with Crippen LogP contribution in [-0.2, 0) is 4.74 Å². The molecule has 2 heteroatoms. The molecule has 0 spiro atoms. The van der Waals surface area contributed by atoms with Crippen molar-refractivity contribution in [1.29, 1.82) is 0 Å². The number of piperidine rings is 1. The number of rotatable bonds is 4. The van der Waals surface area contributed by atoms with Gasteiger partial charge in [-0.15, -0.1) is 0 Å². The standard InChI is InChI=1S/C9H19NO.2C2H6/c1-2-11-9-8-10-6-4-3-5-7-10;2*1-2/h2-9H2,1H3;2*1-2H3. The molecule has 0 aromatic carbocycles. The van der Waals surface area contributed by atoms with Gasteiger partial charge < -0.3 is 9.64 Å². The van der Waals surface area contributed by atoms with E-state index in [1.54, 1.807) is 0 Å². The van der Waals surface area contributed by atoms with Crippen molar-refractivity contribution < 1.29 is 4.74 Å². The van der Waals surface area contributed by atoms with E-state index in [4.69, 9.17) is 4.74 Å². The number of ether oxygens (including phenoxy) is 1. The lowest BCUT2D eigenvalue weighted by atomic mass is 10.1. The van der Waals surface area contributed by atoms with E-state index < -0.39 is 0 Å². The SMILES string of the molecule is CC.CC.CCOCCN1CCCCC1. The topological polar surface area (TPSA) is 12.5 Å². The second-order valence-electron chi connectivity index (χ2n) is 3.10. The third kappa shape index (κ3) is 11.8. The molecule has 0 atom stereocenters. The molecular weight excluding hydrogens is 186 g/mol. The molecule has 1 rings (SSSR count). The Morgan fingerprint density at radius 2 is 1.47 bits per heavy atom. The fourth-order valence-corrected chi connectivity index (χ4v) is 1.52. The molecule has 0 saturated carbocycles. The number of nitrogens with zero attached hydrogens (tertiary/aromatic N) is 1. The van der Waals surface area contributed by atoms with E-state index >= 15 is 0 Å². The van der Waals surface area contributed by atoms with Gasteiger partial charge in [0, 0.05) is 13.2 Å². The largest absolute Gasteiger partial charge is 0.380 e. The molecule has 1 saturated heterocycles. The van der Waals surface area contributed by atoms with Gasteiger partial charge in [-0.3, -0.25) is 0 Å². The molecule has 0 amide bonds. The summed E-state index contributed by atoms with van der Waals surface area (Å²) in [6.07, 6.45) is 4.18. The van der Waals surface area contributed by atoms with Crippen LogP contribution in [0.25, 0.3) is 0 Å². The molecule has 0 aromatic heterocycles. The van der Waals surface area contributed by atoms with E-state index in [1.165, 1.54) is 32.4 Å². The molecule has 15 heavy (non-hydrogen) atoms. The van der Waals surface area contributed by atoms with Crippen molar-refractivity contribution in [3.05, 3.63) is 0 Å². The fraction of sp³-hybridized carbons (Fsp3) is 1.00. The molecule has 0 aliphatic carbocycles.